The van der Waals surface area contributed by atoms with Crippen LogP contribution in [-0.2, 0) is 0 Å². The Balaban J connectivity index is 0.941. The molecule has 3 nitrogen and oxygen atoms in total. The lowest BCUT2D eigenvalue weighted by molar-refractivity contribution is 0.669. The van der Waals surface area contributed by atoms with Gasteiger partial charge >= 0.3 is 0 Å². The summed E-state index contributed by atoms with van der Waals surface area (Å²) in [5.41, 5.74) is 17.9. The fourth-order valence-corrected chi connectivity index (χ4v) is 10.2. The third kappa shape index (κ3) is 6.67. The molecular weight excluding hydrogens is 813 g/mol. The molecule has 0 saturated carbocycles. The molecule has 0 N–H and O–H groups in total. The van der Waals surface area contributed by atoms with Crippen molar-refractivity contribution in [2.24, 2.45) is 0 Å². The van der Waals surface area contributed by atoms with Crippen molar-refractivity contribution in [3.63, 3.8) is 0 Å². The predicted molar refractivity (Wildman–Crippen MR) is 282 cm³/mol. The van der Waals surface area contributed by atoms with Crippen molar-refractivity contribution in [2.45, 2.75) is 0 Å². The Morgan fingerprint density at radius 2 is 0.806 bits per heavy atom. The van der Waals surface area contributed by atoms with E-state index in [1.807, 2.05) is 0 Å². The highest BCUT2D eigenvalue weighted by Gasteiger charge is 2.20. The van der Waals surface area contributed by atoms with Gasteiger partial charge in [0.05, 0.1) is 11.0 Å². The molecule has 0 amide bonds. The van der Waals surface area contributed by atoms with E-state index in [9.17, 15) is 0 Å². The summed E-state index contributed by atoms with van der Waals surface area (Å²) in [5.74, 6) is 0. The van der Waals surface area contributed by atoms with Crippen LogP contribution in [0.2, 0.25) is 0 Å². The number of anilines is 3. The first-order valence-corrected chi connectivity index (χ1v) is 22.9. The van der Waals surface area contributed by atoms with Gasteiger partial charge in [0.25, 0.3) is 0 Å². The Labute approximate surface area is 388 Å². The van der Waals surface area contributed by atoms with Gasteiger partial charge in [-0.2, -0.15) is 0 Å². The Morgan fingerprint density at radius 3 is 1.54 bits per heavy atom. The van der Waals surface area contributed by atoms with Crippen LogP contribution in [-0.4, -0.2) is 4.57 Å². The molecule has 13 rings (SSSR count). The number of hydrogen-bond donors (Lipinski definition) is 0. The Morgan fingerprint density at radius 1 is 0.284 bits per heavy atom. The summed E-state index contributed by atoms with van der Waals surface area (Å²) in [7, 11) is 0. The van der Waals surface area contributed by atoms with Gasteiger partial charge in [-0.15, -0.1) is 0 Å². The molecule has 0 bridgehead atoms. The van der Waals surface area contributed by atoms with Gasteiger partial charge in [-0.25, -0.2) is 0 Å². The van der Waals surface area contributed by atoms with E-state index in [1.165, 1.54) is 54.8 Å². The zero-order chi connectivity index (χ0) is 44.3. The first-order valence-electron chi connectivity index (χ1n) is 22.9. The monoisotopic (exact) mass is 854 g/mol. The zero-order valence-corrected chi connectivity index (χ0v) is 36.6. The molecule has 0 aliphatic rings. The van der Waals surface area contributed by atoms with Crippen LogP contribution in [0.25, 0.3) is 105 Å². The highest BCUT2D eigenvalue weighted by molar-refractivity contribution is 6.23. The highest BCUT2D eigenvalue weighted by atomic mass is 16.3. The summed E-state index contributed by atoms with van der Waals surface area (Å²) in [4.78, 5) is 2.35. The SMILES string of the molecule is c1ccc(-c2ccc(N(c3ccc(-c4ccc5c(-c6ccc7c8ccccc8n(-c8ccccc8)c7c6)cc6oc7ccccc7c6c5c4)cc3)c3cccc(-c4ccccc4)c3)cc2)cc1. The van der Waals surface area contributed by atoms with E-state index in [0.29, 0.717) is 0 Å². The minimum Gasteiger partial charge on any atom is -0.456 e. The second-order valence-corrected chi connectivity index (χ2v) is 17.3. The maximum absolute atomic E-state index is 6.68. The highest BCUT2D eigenvalue weighted by Crippen LogP contribution is 2.44. The zero-order valence-electron chi connectivity index (χ0n) is 36.6. The molecule has 0 spiro atoms. The van der Waals surface area contributed by atoms with Gasteiger partial charge < -0.3 is 13.9 Å². The van der Waals surface area contributed by atoms with Crippen LogP contribution in [0.5, 0.6) is 0 Å². The molecule has 0 radical (unpaired) electrons. The van der Waals surface area contributed by atoms with E-state index >= 15 is 0 Å². The van der Waals surface area contributed by atoms with Crippen molar-refractivity contribution in [3.05, 3.63) is 255 Å². The van der Waals surface area contributed by atoms with Gasteiger partial charge in [0.15, 0.2) is 0 Å². The van der Waals surface area contributed by atoms with E-state index in [2.05, 4.69) is 264 Å². The summed E-state index contributed by atoms with van der Waals surface area (Å²) in [6, 6.07) is 91.8. The summed E-state index contributed by atoms with van der Waals surface area (Å²) >= 11 is 0. The number of aromatic nitrogens is 1. The minimum atomic E-state index is 0.881. The Bertz CT molecular complexity index is 3940. The van der Waals surface area contributed by atoms with Crippen molar-refractivity contribution >= 4 is 71.6 Å². The number of benzene rings is 11. The predicted octanol–water partition coefficient (Wildman–Crippen LogP) is 18.0. The molecular formula is C64H42N2O. The molecule has 314 valence electrons. The van der Waals surface area contributed by atoms with Crippen LogP contribution in [0.1, 0.15) is 0 Å². The molecule has 3 heteroatoms. The first kappa shape index (κ1) is 38.5. The van der Waals surface area contributed by atoms with E-state index < -0.39 is 0 Å². The summed E-state index contributed by atoms with van der Waals surface area (Å²) in [6.45, 7) is 0. The van der Waals surface area contributed by atoms with E-state index in [4.69, 9.17) is 4.42 Å². The molecule has 2 aromatic heterocycles. The number of fused-ring (bicyclic) bond motifs is 8. The van der Waals surface area contributed by atoms with Crippen molar-refractivity contribution in [1.29, 1.82) is 0 Å². The number of hydrogen-bond acceptors (Lipinski definition) is 2. The number of furan rings is 1. The third-order valence-corrected chi connectivity index (χ3v) is 13.4. The molecule has 0 saturated heterocycles. The van der Waals surface area contributed by atoms with Gasteiger partial charge in [0.2, 0.25) is 0 Å². The van der Waals surface area contributed by atoms with Crippen LogP contribution >= 0.6 is 0 Å². The molecule has 2 heterocycles. The molecule has 0 fully saturated rings. The van der Waals surface area contributed by atoms with Gasteiger partial charge in [0, 0.05) is 44.3 Å². The second-order valence-electron chi connectivity index (χ2n) is 17.3. The van der Waals surface area contributed by atoms with Gasteiger partial charge in [0.1, 0.15) is 11.2 Å². The van der Waals surface area contributed by atoms with Crippen LogP contribution in [0, 0.1) is 0 Å². The van der Waals surface area contributed by atoms with E-state index in [1.54, 1.807) is 0 Å². The normalized spacial score (nSPS) is 11.6. The fraction of sp³-hybridized carbons (Fsp3) is 0. The number of para-hydroxylation sites is 3. The second kappa shape index (κ2) is 16.0. The number of rotatable bonds is 8. The maximum atomic E-state index is 6.68. The number of nitrogens with zero attached hydrogens (tertiary/aromatic N) is 2. The van der Waals surface area contributed by atoms with Crippen LogP contribution in [0.4, 0.5) is 17.1 Å². The van der Waals surface area contributed by atoms with Crippen molar-refractivity contribution < 1.29 is 4.42 Å². The first-order chi connectivity index (χ1) is 33.2. The lowest BCUT2D eigenvalue weighted by Gasteiger charge is -2.26. The summed E-state index contributed by atoms with van der Waals surface area (Å²) < 4.78 is 9.07. The standard InChI is InChI=1S/C64H42N2O/c1-4-15-43(16-5-1)45-27-33-51(34-28-45)65(53-22-14-19-47(39-53)44-17-6-2-7-18-44)52-35-29-46(30-36-52)48-31-37-54-58(42-63-64(59(54)40-48)57-24-11-13-26-62(57)67-63)49-32-38-56-55-23-10-12-25-60(55)66(61(56)41-49)50-20-8-3-9-21-50/h1-42H. The molecule has 0 aliphatic heterocycles. The van der Waals surface area contributed by atoms with Gasteiger partial charge in [-0.1, -0.05) is 176 Å². The molecule has 13 aromatic rings. The van der Waals surface area contributed by atoms with Crippen LogP contribution < -0.4 is 4.90 Å². The molecule has 0 atom stereocenters. The Hall–Kier alpha value is -8.92. The molecule has 67 heavy (non-hydrogen) atoms. The quantitative estimate of drug-likeness (QED) is 0.152. The van der Waals surface area contributed by atoms with Crippen molar-refractivity contribution in [3.8, 4) is 50.2 Å². The fourth-order valence-electron chi connectivity index (χ4n) is 10.2. The summed E-state index contributed by atoms with van der Waals surface area (Å²) in [6.07, 6.45) is 0. The van der Waals surface area contributed by atoms with Gasteiger partial charge in [-0.3, -0.25) is 0 Å². The molecule has 11 aromatic carbocycles. The van der Waals surface area contributed by atoms with Crippen molar-refractivity contribution in [2.75, 3.05) is 4.90 Å². The smallest absolute Gasteiger partial charge is 0.136 e. The van der Waals surface area contributed by atoms with E-state index in [0.717, 1.165) is 66.9 Å². The maximum Gasteiger partial charge on any atom is 0.136 e. The van der Waals surface area contributed by atoms with Crippen molar-refractivity contribution in [1.82, 2.24) is 4.57 Å². The largest absolute Gasteiger partial charge is 0.456 e. The topological polar surface area (TPSA) is 21.3 Å². The lowest BCUT2D eigenvalue weighted by atomic mass is 9.92. The average molecular weight is 855 g/mol. The molecule has 0 unspecified atom stereocenters. The van der Waals surface area contributed by atoms with E-state index in [-0.39, 0.29) is 0 Å². The Kier molecular flexibility index (Phi) is 9.17. The molecule has 0 aliphatic carbocycles. The summed E-state index contributed by atoms with van der Waals surface area (Å²) in [5, 5.41) is 7.08. The lowest BCUT2D eigenvalue weighted by Crippen LogP contribution is -2.10. The van der Waals surface area contributed by atoms with Gasteiger partial charge in [-0.05, 0) is 134 Å². The van der Waals surface area contributed by atoms with Crippen LogP contribution in [0.3, 0.4) is 0 Å². The van der Waals surface area contributed by atoms with Crippen LogP contribution in [0.15, 0.2) is 259 Å². The average Bonchev–Trinajstić information content (AvgIpc) is 3.95. The minimum absolute atomic E-state index is 0.881. The third-order valence-electron chi connectivity index (χ3n) is 13.4.